The van der Waals surface area contributed by atoms with Gasteiger partial charge in [-0.15, -0.1) is 5.06 Å². The summed E-state index contributed by atoms with van der Waals surface area (Å²) in [5, 5.41) is 4.04. The SMILES string of the molecule is CCCCNCCON1C(=O)c2ccccc2C1=O. The lowest BCUT2D eigenvalue weighted by atomic mass is 10.1. The molecule has 5 heteroatoms. The fourth-order valence-electron chi connectivity index (χ4n) is 1.92. The van der Waals surface area contributed by atoms with E-state index in [0.717, 1.165) is 24.4 Å². The number of carbonyl (C=O) groups excluding carboxylic acids is 2. The molecule has 0 aromatic heterocycles. The van der Waals surface area contributed by atoms with Gasteiger partial charge in [0, 0.05) is 6.54 Å². The maximum atomic E-state index is 11.9. The minimum atomic E-state index is -0.380. The number of benzene rings is 1. The third-order valence-electron chi connectivity index (χ3n) is 2.96. The number of nitrogens with zero attached hydrogens (tertiary/aromatic N) is 1. The average Bonchev–Trinajstić information content (AvgIpc) is 2.68. The van der Waals surface area contributed by atoms with Gasteiger partial charge in [0.15, 0.2) is 0 Å². The molecule has 1 aromatic carbocycles. The average molecular weight is 262 g/mol. The van der Waals surface area contributed by atoms with E-state index >= 15 is 0 Å². The highest BCUT2D eigenvalue weighted by Crippen LogP contribution is 2.22. The number of hydrogen-bond acceptors (Lipinski definition) is 4. The van der Waals surface area contributed by atoms with Crippen LogP contribution < -0.4 is 5.32 Å². The third kappa shape index (κ3) is 3.00. The van der Waals surface area contributed by atoms with E-state index in [-0.39, 0.29) is 11.8 Å². The van der Waals surface area contributed by atoms with E-state index in [1.165, 1.54) is 0 Å². The fourth-order valence-corrected chi connectivity index (χ4v) is 1.92. The summed E-state index contributed by atoms with van der Waals surface area (Å²) in [5.41, 5.74) is 0.817. The molecular weight excluding hydrogens is 244 g/mol. The highest BCUT2D eigenvalue weighted by molar-refractivity contribution is 6.20. The van der Waals surface area contributed by atoms with Crippen LogP contribution in [-0.2, 0) is 4.84 Å². The van der Waals surface area contributed by atoms with Crippen molar-refractivity contribution < 1.29 is 14.4 Å². The summed E-state index contributed by atoms with van der Waals surface area (Å²) in [7, 11) is 0. The van der Waals surface area contributed by atoms with Crippen LogP contribution in [-0.4, -0.2) is 36.6 Å². The van der Waals surface area contributed by atoms with Crippen LogP contribution >= 0.6 is 0 Å². The van der Waals surface area contributed by atoms with Gasteiger partial charge in [-0.2, -0.15) is 0 Å². The van der Waals surface area contributed by atoms with E-state index in [9.17, 15) is 9.59 Å². The fraction of sp³-hybridized carbons (Fsp3) is 0.429. The Kier molecular flexibility index (Phi) is 4.65. The lowest BCUT2D eigenvalue weighted by molar-refractivity contribution is -0.0896. The van der Waals surface area contributed by atoms with E-state index in [4.69, 9.17) is 4.84 Å². The third-order valence-corrected chi connectivity index (χ3v) is 2.96. The molecule has 1 aliphatic heterocycles. The number of nitrogens with one attached hydrogen (secondary N) is 1. The molecular formula is C14H18N2O3. The molecule has 19 heavy (non-hydrogen) atoms. The Morgan fingerprint density at radius 3 is 2.32 bits per heavy atom. The van der Waals surface area contributed by atoms with Gasteiger partial charge >= 0.3 is 0 Å². The Labute approximate surface area is 112 Å². The number of unbranched alkanes of at least 4 members (excludes halogenated alkanes) is 1. The quantitative estimate of drug-likeness (QED) is 0.599. The van der Waals surface area contributed by atoms with Crippen molar-refractivity contribution in [1.29, 1.82) is 0 Å². The minimum Gasteiger partial charge on any atom is -0.314 e. The predicted molar refractivity (Wildman–Crippen MR) is 70.7 cm³/mol. The van der Waals surface area contributed by atoms with Crippen molar-refractivity contribution in [3.05, 3.63) is 35.4 Å². The van der Waals surface area contributed by atoms with Gasteiger partial charge in [-0.3, -0.25) is 14.4 Å². The minimum absolute atomic E-state index is 0.301. The van der Waals surface area contributed by atoms with Crippen LogP contribution in [0.1, 0.15) is 40.5 Å². The molecule has 1 N–H and O–H groups in total. The summed E-state index contributed by atoms with van der Waals surface area (Å²) < 4.78 is 0. The van der Waals surface area contributed by atoms with Crippen LogP contribution in [0, 0.1) is 0 Å². The van der Waals surface area contributed by atoms with E-state index in [1.54, 1.807) is 24.3 Å². The first-order valence-corrected chi connectivity index (χ1v) is 6.57. The zero-order valence-corrected chi connectivity index (χ0v) is 11.0. The van der Waals surface area contributed by atoms with Crippen molar-refractivity contribution >= 4 is 11.8 Å². The van der Waals surface area contributed by atoms with Gasteiger partial charge in [0.25, 0.3) is 11.8 Å². The van der Waals surface area contributed by atoms with Crippen molar-refractivity contribution in [2.75, 3.05) is 19.7 Å². The molecule has 1 aliphatic rings. The standard InChI is InChI=1S/C14H18N2O3/c1-2-3-8-15-9-10-19-16-13(17)11-6-4-5-7-12(11)14(16)18/h4-7,15H,2-3,8-10H2,1H3. The summed E-state index contributed by atoms with van der Waals surface area (Å²) in [6.07, 6.45) is 2.24. The lowest BCUT2D eigenvalue weighted by Gasteiger charge is -2.13. The molecule has 0 saturated heterocycles. The molecule has 0 aliphatic carbocycles. The van der Waals surface area contributed by atoms with E-state index in [2.05, 4.69) is 12.2 Å². The van der Waals surface area contributed by atoms with Crippen LogP contribution in [0.4, 0.5) is 0 Å². The number of hydrogen-bond donors (Lipinski definition) is 1. The first-order chi connectivity index (χ1) is 9.25. The molecule has 0 spiro atoms. The summed E-state index contributed by atoms with van der Waals surface area (Å²) >= 11 is 0. The number of carbonyl (C=O) groups is 2. The molecule has 0 bridgehead atoms. The van der Waals surface area contributed by atoms with Crippen LogP contribution in [0.5, 0.6) is 0 Å². The first-order valence-electron chi connectivity index (χ1n) is 6.57. The van der Waals surface area contributed by atoms with Gasteiger partial charge in [-0.25, -0.2) is 0 Å². The second kappa shape index (κ2) is 6.45. The molecule has 102 valence electrons. The monoisotopic (exact) mass is 262 g/mol. The second-order valence-corrected chi connectivity index (χ2v) is 4.39. The molecule has 0 fully saturated rings. The number of imide groups is 1. The summed E-state index contributed by atoms with van der Waals surface area (Å²) in [5.74, 6) is -0.761. The smallest absolute Gasteiger partial charge is 0.285 e. The van der Waals surface area contributed by atoms with Crippen LogP contribution in [0.25, 0.3) is 0 Å². The van der Waals surface area contributed by atoms with Gasteiger partial charge in [0.1, 0.15) is 0 Å². The molecule has 2 amide bonds. The Balaban J connectivity index is 1.83. The molecule has 2 rings (SSSR count). The van der Waals surface area contributed by atoms with Crippen molar-refractivity contribution in [3.8, 4) is 0 Å². The number of amides is 2. The molecule has 0 atom stereocenters. The molecule has 5 nitrogen and oxygen atoms in total. The maximum absolute atomic E-state index is 11.9. The highest BCUT2D eigenvalue weighted by atomic mass is 16.7. The zero-order valence-electron chi connectivity index (χ0n) is 11.0. The van der Waals surface area contributed by atoms with Crippen molar-refractivity contribution in [2.24, 2.45) is 0 Å². The van der Waals surface area contributed by atoms with Gasteiger partial charge in [-0.05, 0) is 25.1 Å². The molecule has 0 radical (unpaired) electrons. The molecule has 0 saturated carbocycles. The summed E-state index contributed by atoms with van der Waals surface area (Å²) in [4.78, 5) is 29.1. The van der Waals surface area contributed by atoms with Gasteiger partial charge < -0.3 is 5.32 Å². The predicted octanol–water partition coefficient (Wildman–Crippen LogP) is 1.60. The van der Waals surface area contributed by atoms with Crippen LogP contribution in [0.3, 0.4) is 0 Å². The van der Waals surface area contributed by atoms with E-state index in [0.29, 0.717) is 24.3 Å². The topological polar surface area (TPSA) is 58.6 Å². The van der Waals surface area contributed by atoms with E-state index < -0.39 is 0 Å². The van der Waals surface area contributed by atoms with E-state index in [1.807, 2.05) is 0 Å². The van der Waals surface area contributed by atoms with Crippen molar-refractivity contribution in [3.63, 3.8) is 0 Å². The van der Waals surface area contributed by atoms with Crippen molar-refractivity contribution in [1.82, 2.24) is 10.4 Å². The second-order valence-electron chi connectivity index (χ2n) is 4.39. The Morgan fingerprint density at radius 2 is 1.74 bits per heavy atom. The van der Waals surface area contributed by atoms with Gasteiger partial charge in [-0.1, -0.05) is 25.5 Å². The zero-order chi connectivity index (χ0) is 13.7. The Hall–Kier alpha value is -1.72. The Morgan fingerprint density at radius 1 is 1.11 bits per heavy atom. The number of hydroxylamine groups is 2. The lowest BCUT2D eigenvalue weighted by Crippen LogP contribution is -2.33. The molecule has 1 heterocycles. The molecule has 0 unspecified atom stereocenters. The van der Waals surface area contributed by atoms with Crippen LogP contribution in [0.15, 0.2) is 24.3 Å². The maximum Gasteiger partial charge on any atom is 0.285 e. The summed E-state index contributed by atoms with van der Waals surface area (Å²) in [6, 6.07) is 6.75. The Bertz CT molecular complexity index is 439. The largest absolute Gasteiger partial charge is 0.314 e. The number of rotatable bonds is 7. The first kappa shape index (κ1) is 13.7. The molecule has 1 aromatic rings. The van der Waals surface area contributed by atoms with Gasteiger partial charge in [0.05, 0.1) is 17.7 Å². The van der Waals surface area contributed by atoms with Crippen LogP contribution in [0.2, 0.25) is 0 Å². The summed E-state index contributed by atoms with van der Waals surface area (Å²) in [6.45, 7) is 3.96. The number of fused-ring (bicyclic) bond motifs is 1. The normalized spacial score (nSPS) is 14.1. The van der Waals surface area contributed by atoms with Gasteiger partial charge in [0.2, 0.25) is 0 Å². The highest BCUT2D eigenvalue weighted by Gasteiger charge is 2.36. The van der Waals surface area contributed by atoms with Crippen molar-refractivity contribution in [2.45, 2.75) is 19.8 Å².